The summed E-state index contributed by atoms with van der Waals surface area (Å²) in [7, 11) is 0. The summed E-state index contributed by atoms with van der Waals surface area (Å²) in [5.74, 6) is 0. The monoisotopic (exact) mass is 245 g/mol. The Morgan fingerprint density at radius 1 is 1.47 bits per heavy atom. The smallest absolute Gasteiger partial charge is 0.367 e. The molecule has 0 spiro atoms. The molecule has 2 atom stereocenters. The Morgan fingerprint density at radius 3 is 2.71 bits per heavy atom. The van der Waals surface area contributed by atoms with E-state index in [-0.39, 0.29) is 12.1 Å². The van der Waals surface area contributed by atoms with E-state index < -0.39 is 11.9 Å². The molecule has 0 aromatic carbocycles. The van der Waals surface area contributed by atoms with Crippen LogP contribution in [0.4, 0.5) is 18.9 Å². The zero-order valence-electron chi connectivity index (χ0n) is 9.41. The summed E-state index contributed by atoms with van der Waals surface area (Å²) in [6.45, 7) is 2.61. The van der Waals surface area contributed by atoms with Gasteiger partial charge in [0.2, 0.25) is 0 Å². The molecule has 17 heavy (non-hydrogen) atoms. The molecule has 2 N–H and O–H groups in total. The topological polar surface area (TPSA) is 42.1 Å². The maximum Gasteiger partial charge on any atom is 0.433 e. The van der Waals surface area contributed by atoms with E-state index in [9.17, 15) is 13.2 Å². The van der Waals surface area contributed by atoms with Gasteiger partial charge in [0.05, 0.1) is 0 Å². The Kier molecular flexibility index (Phi) is 2.99. The lowest BCUT2D eigenvalue weighted by molar-refractivity contribution is -0.141. The second-order valence-corrected chi connectivity index (χ2v) is 4.28. The molecule has 1 aromatic rings. The average molecular weight is 245 g/mol. The molecule has 0 saturated carbocycles. The van der Waals surface area contributed by atoms with Crippen LogP contribution in [0, 0.1) is 0 Å². The maximum atomic E-state index is 12.5. The first-order valence-corrected chi connectivity index (χ1v) is 5.45. The lowest BCUT2D eigenvalue weighted by atomic mass is 10.1. The third-order valence-corrected chi connectivity index (χ3v) is 3.18. The van der Waals surface area contributed by atoms with Crippen molar-refractivity contribution in [2.75, 3.05) is 11.4 Å². The predicted molar refractivity (Wildman–Crippen MR) is 58.6 cm³/mol. The second kappa shape index (κ2) is 4.18. The third kappa shape index (κ3) is 2.36. The summed E-state index contributed by atoms with van der Waals surface area (Å²) in [4.78, 5) is 5.23. The van der Waals surface area contributed by atoms with E-state index >= 15 is 0 Å². The molecule has 0 bridgehead atoms. The van der Waals surface area contributed by atoms with Gasteiger partial charge in [-0.1, -0.05) is 0 Å². The Bertz CT molecular complexity index is 405. The van der Waals surface area contributed by atoms with E-state index in [2.05, 4.69) is 4.98 Å². The van der Waals surface area contributed by atoms with E-state index in [0.717, 1.165) is 12.5 Å². The molecule has 3 nitrogen and oxygen atoms in total. The Balaban J connectivity index is 2.28. The van der Waals surface area contributed by atoms with Crippen LogP contribution in [0.2, 0.25) is 0 Å². The molecule has 1 aromatic heterocycles. The number of anilines is 1. The van der Waals surface area contributed by atoms with Crippen LogP contribution in [0.5, 0.6) is 0 Å². The van der Waals surface area contributed by atoms with Crippen molar-refractivity contribution >= 4 is 5.69 Å². The van der Waals surface area contributed by atoms with Crippen molar-refractivity contribution in [3.63, 3.8) is 0 Å². The number of nitrogens with zero attached hydrogens (tertiary/aromatic N) is 2. The lowest BCUT2D eigenvalue weighted by Gasteiger charge is -2.25. The van der Waals surface area contributed by atoms with E-state index in [1.165, 1.54) is 6.20 Å². The summed E-state index contributed by atoms with van der Waals surface area (Å²) in [6.07, 6.45) is -2.42. The van der Waals surface area contributed by atoms with Crippen molar-refractivity contribution in [2.24, 2.45) is 5.73 Å². The van der Waals surface area contributed by atoms with Crippen molar-refractivity contribution in [3.8, 4) is 0 Å². The molecule has 2 rings (SSSR count). The molecule has 1 aliphatic heterocycles. The molecular weight excluding hydrogens is 231 g/mol. The fourth-order valence-corrected chi connectivity index (χ4v) is 2.08. The van der Waals surface area contributed by atoms with Gasteiger partial charge in [-0.2, -0.15) is 13.2 Å². The molecule has 2 heterocycles. The van der Waals surface area contributed by atoms with Gasteiger partial charge < -0.3 is 10.6 Å². The Morgan fingerprint density at radius 2 is 2.18 bits per heavy atom. The summed E-state index contributed by atoms with van der Waals surface area (Å²) < 4.78 is 37.6. The van der Waals surface area contributed by atoms with Gasteiger partial charge in [0.1, 0.15) is 5.69 Å². The highest BCUT2D eigenvalue weighted by molar-refractivity contribution is 5.49. The van der Waals surface area contributed by atoms with Crippen LogP contribution in [0.15, 0.2) is 18.3 Å². The number of hydrogen-bond acceptors (Lipinski definition) is 3. The number of aromatic nitrogens is 1. The van der Waals surface area contributed by atoms with E-state index in [1.807, 2.05) is 11.8 Å². The zero-order valence-corrected chi connectivity index (χ0v) is 9.41. The van der Waals surface area contributed by atoms with Gasteiger partial charge in [-0.3, -0.25) is 4.98 Å². The molecule has 0 radical (unpaired) electrons. The van der Waals surface area contributed by atoms with Crippen LogP contribution in [-0.2, 0) is 6.18 Å². The summed E-state index contributed by atoms with van der Waals surface area (Å²) >= 11 is 0. The highest BCUT2D eigenvalue weighted by Gasteiger charge is 2.34. The van der Waals surface area contributed by atoms with Gasteiger partial charge >= 0.3 is 6.18 Å². The molecule has 0 aliphatic carbocycles. The van der Waals surface area contributed by atoms with Gasteiger partial charge in [-0.25, -0.2) is 0 Å². The Hall–Kier alpha value is -1.30. The van der Waals surface area contributed by atoms with E-state index in [0.29, 0.717) is 12.2 Å². The van der Waals surface area contributed by atoms with Crippen LogP contribution in [0.3, 0.4) is 0 Å². The minimum absolute atomic E-state index is 0.0116. The summed E-state index contributed by atoms with van der Waals surface area (Å²) in [6, 6.07) is 2.73. The minimum Gasteiger partial charge on any atom is -0.367 e. The van der Waals surface area contributed by atoms with Crippen molar-refractivity contribution in [3.05, 3.63) is 24.0 Å². The number of rotatable bonds is 1. The third-order valence-electron chi connectivity index (χ3n) is 3.18. The second-order valence-electron chi connectivity index (χ2n) is 4.28. The van der Waals surface area contributed by atoms with Gasteiger partial charge in [0, 0.05) is 30.5 Å². The largest absolute Gasteiger partial charge is 0.433 e. The molecule has 6 heteroatoms. The van der Waals surface area contributed by atoms with Crippen LogP contribution in [0.1, 0.15) is 19.0 Å². The number of halogens is 3. The first-order chi connectivity index (χ1) is 7.89. The molecule has 1 fully saturated rings. The van der Waals surface area contributed by atoms with Gasteiger partial charge in [-0.15, -0.1) is 0 Å². The number of alkyl halides is 3. The average Bonchev–Trinajstić information content (AvgIpc) is 2.59. The molecular formula is C11H14F3N3. The van der Waals surface area contributed by atoms with E-state index in [4.69, 9.17) is 5.73 Å². The van der Waals surface area contributed by atoms with Crippen LogP contribution in [0.25, 0.3) is 0 Å². The normalized spacial score (nSPS) is 25.4. The highest BCUT2D eigenvalue weighted by Crippen LogP contribution is 2.31. The SMILES string of the molecule is CC1C(N)CCN1c1ccnc(C(F)(F)F)c1. The minimum atomic E-state index is -4.40. The van der Waals surface area contributed by atoms with Crippen LogP contribution in [-0.4, -0.2) is 23.6 Å². The first-order valence-electron chi connectivity index (χ1n) is 5.45. The van der Waals surface area contributed by atoms with Crippen molar-refractivity contribution in [2.45, 2.75) is 31.6 Å². The van der Waals surface area contributed by atoms with Crippen molar-refractivity contribution < 1.29 is 13.2 Å². The Labute approximate surface area is 97.4 Å². The predicted octanol–water partition coefficient (Wildman–Crippen LogP) is 2.03. The fraction of sp³-hybridized carbons (Fsp3) is 0.545. The van der Waals surface area contributed by atoms with Gasteiger partial charge in [0.15, 0.2) is 0 Å². The quantitative estimate of drug-likeness (QED) is 0.823. The fourth-order valence-electron chi connectivity index (χ4n) is 2.08. The standard InChI is InChI=1S/C11H14F3N3/c1-7-9(15)3-5-17(7)8-2-4-16-10(6-8)11(12,13)14/h2,4,6-7,9H,3,5,15H2,1H3. The molecule has 2 unspecified atom stereocenters. The zero-order chi connectivity index (χ0) is 12.6. The number of pyridine rings is 1. The number of hydrogen-bond donors (Lipinski definition) is 1. The highest BCUT2D eigenvalue weighted by atomic mass is 19.4. The van der Waals surface area contributed by atoms with E-state index in [1.54, 1.807) is 6.07 Å². The molecule has 0 amide bonds. The first kappa shape index (κ1) is 12.2. The van der Waals surface area contributed by atoms with Crippen LogP contribution >= 0.6 is 0 Å². The summed E-state index contributed by atoms with van der Waals surface area (Å²) in [5.41, 5.74) is 5.53. The van der Waals surface area contributed by atoms with Crippen molar-refractivity contribution in [1.82, 2.24) is 4.98 Å². The van der Waals surface area contributed by atoms with Crippen LogP contribution < -0.4 is 10.6 Å². The molecule has 1 saturated heterocycles. The maximum absolute atomic E-state index is 12.5. The van der Waals surface area contributed by atoms with Gasteiger partial charge in [0.25, 0.3) is 0 Å². The number of nitrogens with two attached hydrogens (primary N) is 1. The molecule has 1 aliphatic rings. The van der Waals surface area contributed by atoms with Crippen molar-refractivity contribution in [1.29, 1.82) is 0 Å². The summed E-state index contributed by atoms with van der Waals surface area (Å²) in [5, 5.41) is 0. The van der Waals surface area contributed by atoms with Gasteiger partial charge in [-0.05, 0) is 25.5 Å². The molecule has 94 valence electrons. The lowest BCUT2D eigenvalue weighted by Crippen LogP contribution is -2.36.